The van der Waals surface area contributed by atoms with E-state index in [0.29, 0.717) is 18.2 Å². The van der Waals surface area contributed by atoms with E-state index in [1.54, 1.807) is 29.2 Å². The molecule has 4 nitrogen and oxygen atoms in total. The zero-order chi connectivity index (χ0) is 11.8. The minimum absolute atomic E-state index is 0.310. The molecule has 1 aromatic rings. The van der Waals surface area contributed by atoms with E-state index in [4.69, 9.17) is 22.1 Å². The summed E-state index contributed by atoms with van der Waals surface area (Å²) in [5, 5.41) is 0.630. The molecule has 1 fully saturated rings. The van der Waals surface area contributed by atoms with Gasteiger partial charge in [-0.05, 0) is 31.2 Å². The summed E-state index contributed by atoms with van der Waals surface area (Å²) in [7, 11) is 0. The second kappa shape index (κ2) is 3.96. The Kier molecular flexibility index (Phi) is 2.78. The molecule has 0 radical (unpaired) electrons. The van der Waals surface area contributed by atoms with Gasteiger partial charge in [0.2, 0.25) is 0 Å². The second-order valence-corrected chi connectivity index (χ2v) is 4.50. The van der Waals surface area contributed by atoms with Crippen molar-refractivity contribution in [2.45, 2.75) is 12.5 Å². The molecule has 86 valence electrons. The van der Waals surface area contributed by atoms with E-state index in [0.717, 1.165) is 5.69 Å². The van der Waals surface area contributed by atoms with Crippen molar-refractivity contribution >= 4 is 23.4 Å². The van der Waals surface area contributed by atoms with Crippen molar-refractivity contribution in [1.82, 2.24) is 0 Å². The molecule has 1 aromatic carbocycles. The number of amides is 1. The minimum Gasteiger partial charge on any atom is -0.447 e. The van der Waals surface area contributed by atoms with Crippen molar-refractivity contribution in [1.29, 1.82) is 0 Å². The predicted octanol–water partition coefficient (Wildman–Crippen LogP) is 2.01. The van der Waals surface area contributed by atoms with Crippen LogP contribution in [0, 0.1) is 0 Å². The standard InChI is InChI=1S/C11H13ClN2O2/c1-11(6-13)7-16-10(15)14(11)9-4-2-8(12)3-5-9/h2-5H,6-7,13H2,1H3. The summed E-state index contributed by atoms with van der Waals surface area (Å²) < 4.78 is 5.03. The first-order valence-electron chi connectivity index (χ1n) is 4.99. The van der Waals surface area contributed by atoms with E-state index in [-0.39, 0.29) is 6.09 Å². The quantitative estimate of drug-likeness (QED) is 0.861. The van der Waals surface area contributed by atoms with Crippen LogP contribution in [0.5, 0.6) is 0 Å². The van der Waals surface area contributed by atoms with Gasteiger partial charge in [-0.1, -0.05) is 11.6 Å². The minimum atomic E-state index is -0.481. The van der Waals surface area contributed by atoms with Crippen molar-refractivity contribution in [2.24, 2.45) is 5.73 Å². The summed E-state index contributed by atoms with van der Waals surface area (Å²) >= 11 is 5.80. The van der Waals surface area contributed by atoms with E-state index in [9.17, 15) is 4.79 Å². The smallest absolute Gasteiger partial charge is 0.415 e. The Balaban J connectivity index is 2.37. The molecule has 1 aliphatic rings. The van der Waals surface area contributed by atoms with E-state index >= 15 is 0 Å². The third-order valence-electron chi connectivity index (χ3n) is 2.75. The number of anilines is 1. The fourth-order valence-corrected chi connectivity index (χ4v) is 1.85. The largest absolute Gasteiger partial charge is 0.447 e. The van der Waals surface area contributed by atoms with Gasteiger partial charge in [0.15, 0.2) is 0 Å². The Bertz CT molecular complexity index is 407. The molecule has 1 saturated heterocycles. The van der Waals surface area contributed by atoms with Gasteiger partial charge in [-0.2, -0.15) is 0 Å². The molecule has 16 heavy (non-hydrogen) atoms. The molecule has 1 amide bonds. The lowest BCUT2D eigenvalue weighted by Crippen LogP contribution is -2.50. The summed E-state index contributed by atoms with van der Waals surface area (Å²) in [6.07, 6.45) is -0.365. The molecular formula is C11H13ClN2O2. The fraction of sp³-hybridized carbons (Fsp3) is 0.364. The highest BCUT2D eigenvalue weighted by Gasteiger charge is 2.43. The Hall–Kier alpha value is -1.26. The van der Waals surface area contributed by atoms with Crippen LogP contribution in [0.1, 0.15) is 6.92 Å². The summed E-state index contributed by atoms with van der Waals surface area (Å²) in [5.74, 6) is 0. The van der Waals surface area contributed by atoms with Crippen LogP contribution in [-0.2, 0) is 4.74 Å². The third kappa shape index (κ3) is 1.74. The first kappa shape index (κ1) is 11.2. The van der Waals surface area contributed by atoms with Crippen molar-refractivity contribution in [3.05, 3.63) is 29.3 Å². The summed E-state index contributed by atoms with van der Waals surface area (Å²) in [6.45, 7) is 2.55. The Morgan fingerprint density at radius 1 is 1.50 bits per heavy atom. The Morgan fingerprint density at radius 2 is 2.12 bits per heavy atom. The van der Waals surface area contributed by atoms with E-state index in [2.05, 4.69) is 0 Å². The zero-order valence-electron chi connectivity index (χ0n) is 8.94. The lowest BCUT2D eigenvalue weighted by molar-refractivity contribution is 0.174. The molecule has 1 atom stereocenters. The molecule has 1 heterocycles. The lowest BCUT2D eigenvalue weighted by Gasteiger charge is -2.30. The first-order valence-corrected chi connectivity index (χ1v) is 5.37. The van der Waals surface area contributed by atoms with Gasteiger partial charge in [0.05, 0.1) is 5.54 Å². The number of cyclic esters (lactones) is 1. The zero-order valence-corrected chi connectivity index (χ0v) is 9.70. The molecule has 5 heteroatoms. The van der Waals surface area contributed by atoms with Gasteiger partial charge >= 0.3 is 6.09 Å². The predicted molar refractivity (Wildman–Crippen MR) is 62.7 cm³/mol. The van der Waals surface area contributed by atoms with Crippen molar-refractivity contribution in [3.8, 4) is 0 Å². The van der Waals surface area contributed by atoms with Crippen LogP contribution >= 0.6 is 11.6 Å². The number of hydrogen-bond donors (Lipinski definition) is 1. The highest BCUT2D eigenvalue weighted by Crippen LogP contribution is 2.30. The van der Waals surface area contributed by atoms with Crippen LogP contribution in [0.25, 0.3) is 0 Å². The van der Waals surface area contributed by atoms with E-state index in [1.807, 2.05) is 6.92 Å². The number of benzene rings is 1. The molecule has 2 rings (SSSR count). The second-order valence-electron chi connectivity index (χ2n) is 4.07. The number of ether oxygens (including phenoxy) is 1. The van der Waals surface area contributed by atoms with Gasteiger partial charge in [0.1, 0.15) is 6.61 Å². The molecule has 0 aliphatic carbocycles. The molecule has 0 bridgehead atoms. The van der Waals surface area contributed by atoms with Crippen molar-refractivity contribution < 1.29 is 9.53 Å². The molecular weight excluding hydrogens is 228 g/mol. The Labute approximate surface area is 98.9 Å². The number of nitrogens with zero attached hydrogens (tertiary/aromatic N) is 1. The van der Waals surface area contributed by atoms with Crippen molar-refractivity contribution in [3.63, 3.8) is 0 Å². The van der Waals surface area contributed by atoms with E-state index in [1.165, 1.54) is 0 Å². The van der Waals surface area contributed by atoms with Crippen LogP contribution in [0.2, 0.25) is 5.02 Å². The maximum atomic E-state index is 11.6. The monoisotopic (exact) mass is 240 g/mol. The SMILES string of the molecule is CC1(CN)COC(=O)N1c1ccc(Cl)cc1. The lowest BCUT2D eigenvalue weighted by atomic mass is 10.0. The van der Waals surface area contributed by atoms with Gasteiger partial charge in [-0.3, -0.25) is 4.90 Å². The van der Waals surface area contributed by atoms with Crippen LogP contribution in [-0.4, -0.2) is 24.8 Å². The molecule has 2 N–H and O–H groups in total. The Morgan fingerprint density at radius 3 is 2.69 bits per heavy atom. The maximum Gasteiger partial charge on any atom is 0.415 e. The van der Waals surface area contributed by atoms with Crippen molar-refractivity contribution in [2.75, 3.05) is 18.1 Å². The van der Waals surface area contributed by atoms with Gasteiger partial charge in [-0.15, -0.1) is 0 Å². The molecule has 1 unspecified atom stereocenters. The summed E-state index contributed by atoms with van der Waals surface area (Å²) in [4.78, 5) is 13.2. The van der Waals surface area contributed by atoms with Crippen LogP contribution < -0.4 is 10.6 Å². The molecule has 0 saturated carbocycles. The fourth-order valence-electron chi connectivity index (χ4n) is 1.72. The number of nitrogens with two attached hydrogens (primary N) is 1. The highest BCUT2D eigenvalue weighted by molar-refractivity contribution is 6.30. The average Bonchev–Trinajstić information content (AvgIpc) is 2.58. The van der Waals surface area contributed by atoms with Gasteiger partial charge in [0.25, 0.3) is 0 Å². The number of rotatable bonds is 2. The number of hydrogen-bond acceptors (Lipinski definition) is 3. The number of halogens is 1. The van der Waals surface area contributed by atoms with E-state index < -0.39 is 5.54 Å². The average molecular weight is 241 g/mol. The van der Waals surface area contributed by atoms with Gasteiger partial charge < -0.3 is 10.5 Å². The topological polar surface area (TPSA) is 55.6 Å². The summed E-state index contributed by atoms with van der Waals surface area (Å²) in [6, 6.07) is 7.03. The van der Waals surface area contributed by atoms with Crippen LogP contribution in [0.3, 0.4) is 0 Å². The molecule has 1 aliphatic heterocycles. The first-order chi connectivity index (χ1) is 7.57. The highest BCUT2D eigenvalue weighted by atomic mass is 35.5. The molecule has 0 aromatic heterocycles. The maximum absolute atomic E-state index is 11.6. The summed E-state index contributed by atoms with van der Waals surface area (Å²) in [5.41, 5.74) is 5.96. The normalized spacial score (nSPS) is 24.7. The number of carbonyl (C=O) groups is 1. The third-order valence-corrected chi connectivity index (χ3v) is 3.01. The number of carbonyl (C=O) groups excluding carboxylic acids is 1. The van der Waals surface area contributed by atoms with Gasteiger partial charge in [-0.25, -0.2) is 4.79 Å². The van der Waals surface area contributed by atoms with Crippen LogP contribution in [0.4, 0.5) is 10.5 Å². The molecule has 0 spiro atoms. The van der Waals surface area contributed by atoms with Crippen LogP contribution in [0.15, 0.2) is 24.3 Å². The van der Waals surface area contributed by atoms with Gasteiger partial charge in [0, 0.05) is 17.3 Å².